The van der Waals surface area contributed by atoms with Gasteiger partial charge >= 0.3 is 0 Å². The van der Waals surface area contributed by atoms with E-state index in [9.17, 15) is 13.2 Å². The molecule has 0 saturated heterocycles. The molecule has 0 unspecified atom stereocenters. The van der Waals surface area contributed by atoms with E-state index in [0.29, 0.717) is 10.0 Å². The van der Waals surface area contributed by atoms with E-state index in [2.05, 4.69) is 19.7 Å². The number of carbonyl (C=O) groups excluding carboxylic acids is 1. The second-order valence-corrected chi connectivity index (χ2v) is 9.60. The average molecular weight is 491 g/mol. The van der Waals surface area contributed by atoms with E-state index < -0.39 is 10.0 Å². The quantitative estimate of drug-likeness (QED) is 0.372. The summed E-state index contributed by atoms with van der Waals surface area (Å²) in [6.45, 7) is 0. The van der Waals surface area contributed by atoms with Gasteiger partial charge in [-0.05, 0) is 12.1 Å². The molecule has 0 fully saturated rings. The molecular weight excluding hydrogens is 479 g/mol. The first-order valence-electron chi connectivity index (χ1n) is 7.75. The topological polar surface area (TPSA) is 111 Å². The first-order chi connectivity index (χ1) is 13.8. The number of nitrogens with zero attached hydrogens (tertiary/aromatic N) is 3. The van der Waals surface area contributed by atoms with Crippen molar-refractivity contribution in [3.63, 3.8) is 0 Å². The summed E-state index contributed by atoms with van der Waals surface area (Å²) in [4.78, 5) is 24.0. The van der Waals surface area contributed by atoms with Gasteiger partial charge in [0.1, 0.15) is 9.92 Å². The van der Waals surface area contributed by atoms with Crippen LogP contribution in [0.3, 0.4) is 0 Å². The van der Waals surface area contributed by atoms with Crippen LogP contribution in [0.15, 0.2) is 45.9 Å². The number of aromatic nitrogens is 3. The molecule has 1 aromatic carbocycles. The van der Waals surface area contributed by atoms with Crippen molar-refractivity contribution < 1.29 is 17.9 Å². The SMILES string of the molecule is COc1nc(SCC(=O)c2nccs2)cnc1NS(=O)(=O)c1cccc(Cl)c1Cl. The Morgan fingerprint density at radius 3 is 2.79 bits per heavy atom. The standard InChI is InChI=1S/C16H12Cl2N4O4S3/c1-26-15-14(22-29(24,25)11-4-2-3-9(17)13(11)18)20-7-12(21-15)28-8-10(23)16-19-5-6-27-16/h2-7H,8H2,1H3,(H,20,22). The molecule has 8 nitrogen and oxygen atoms in total. The van der Waals surface area contributed by atoms with Gasteiger partial charge in [-0.3, -0.25) is 9.52 Å². The first kappa shape index (κ1) is 21.8. The van der Waals surface area contributed by atoms with E-state index in [0.717, 1.165) is 11.8 Å². The highest BCUT2D eigenvalue weighted by molar-refractivity contribution is 8.00. The number of thiazole rings is 1. The number of benzene rings is 1. The molecule has 0 bridgehead atoms. The maximum Gasteiger partial charge on any atom is 0.264 e. The Bertz CT molecular complexity index is 1140. The predicted molar refractivity (Wildman–Crippen MR) is 113 cm³/mol. The molecule has 29 heavy (non-hydrogen) atoms. The van der Waals surface area contributed by atoms with Crippen LogP contribution in [0.25, 0.3) is 0 Å². The lowest BCUT2D eigenvalue weighted by atomic mass is 10.4. The summed E-state index contributed by atoms with van der Waals surface area (Å²) >= 11 is 14.3. The van der Waals surface area contributed by atoms with Gasteiger partial charge in [-0.25, -0.2) is 23.4 Å². The molecule has 0 amide bonds. The minimum atomic E-state index is -4.08. The molecule has 0 atom stereocenters. The van der Waals surface area contributed by atoms with Crippen LogP contribution < -0.4 is 9.46 Å². The number of halogens is 2. The Hall–Kier alpha value is -1.92. The van der Waals surface area contributed by atoms with Crippen molar-refractivity contribution in [2.24, 2.45) is 0 Å². The lowest BCUT2D eigenvalue weighted by Gasteiger charge is -2.12. The molecule has 0 aliphatic rings. The second-order valence-electron chi connectivity index (χ2n) is 5.27. The summed E-state index contributed by atoms with van der Waals surface area (Å²) in [6, 6.07) is 4.25. The number of ketones is 1. The summed E-state index contributed by atoms with van der Waals surface area (Å²) in [7, 11) is -2.76. The molecule has 3 rings (SSSR count). The van der Waals surface area contributed by atoms with Crippen LogP contribution in [0.1, 0.15) is 9.80 Å². The Labute approximate surface area is 184 Å². The number of thioether (sulfide) groups is 1. The third-order valence-corrected chi connectivity index (χ3v) is 7.40. The zero-order chi connectivity index (χ0) is 21.0. The lowest BCUT2D eigenvalue weighted by Crippen LogP contribution is -2.16. The van der Waals surface area contributed by atoms with Gasteiger partial charge in [0.15, 0.2) is 5.01 Å². The number of sulfonamides is 1. The molecule has 13 heteroatoms. The van der Waals surface area contributed by atoms with Crippen LogP contribution in [0.5, 0.6) is 5.88 Å². The Kier molecular flexibility index (Phi) is 6.96. The van der Waals surface area contributed by atoms with E-state index in [1.807, 2.05) is 0 Å². The summed E-state index contributed by atoms with van der Waals surface area (Å²) < 4.78 is 32.7. The Morgan fingerprint density at radius 1 is 1.31 bits per heavy atom. The van der Waals surface area contributed by atoms with Crippen LogP contribution in [0.2, 0.25) is 10.0 Å². The third kappa shape index (κ3) is 5.17. The smallest absolute Gasteiger partial charge is 0.264 e. The van der Waals surface area contributed by atoms with Crippen LogP contribution >= 0.6 is 46.3 Å². The number of nitrogens with one attached hydrogen (secondary N) is 1. The van der Waals surface area contributed by atoms with Crippen molar-refractivity contribution >= 4 is 67.9 Å². The van der Waals surface area contributed by atoms with Crippen molar-refractivity contribution in [2.75, 3.05) is 17.6 Å². The maximum absolute atomic E-state index is 12.6. The van der Waals surface area contributed by atoms with Gasteiger partial charge in [0.05, 0.1) is 29.1 Å². The highest BCUT2D eigenvalue weighted by Crippen LogP contribution is 2.32. The highest BCUT2D eigenvalue weighted by Gasteiger charge is 2.23. The molecule has 3 aromatic rings. The van der Waals surface area contributed by atoms with Gasteiger partial charge < -0.3 is 4.74 Å². The number of hydrogen-bond acceptors (Lipinski definition) is 9. The van der Waals surface area contributed by atoms with Crippen LogP contribution in [-0.4, -0.2) is 42.0 Å². The summed E-state index contributed by atoms with van der Waals surface area (Å²) in [5.41, 5.74) is 0. The van der Waals surface area contributed by atoms with Crippen LogP contribution in [-0.2, 0) is 10.0 Å². The number of methoxy groups -OCH3 is 1. The van der Waals surface area contributed by atoms with Crippen molar-refractivity contribution in [1.82, 2.24) is 15.0 Å². The van der Waals surface area contributed by atoms with E-state index in [1.165, 1.54) is 42.8 Å². The van der Waals surface area contributed by atoms with Gasteiger partial charge in [0.2, 0.25) is 11.6 Å². The number of ether oxygens (including phenoxy) is 1. The molecular formula is C16H12Cl2N4O4S3. The maximum atomic E-state index is 12.6. The Morgan fingerprint density at radius 2 is 2.10 bits per heavy atom. The van der Waals surface area contributed by atoms with Crippen molar-refractivity contribution in [3.8, 4) is 5.88 Å². The molecule has 2 heterocycles. The number of rotatable bonds is 8. The molecule has 0 saturated carbocycles. The summed E-state index contributed by atoms with van der Waals surface area (Å²) in [5.74, 6) is -0.224. The number of anilines is 1. The van der Waals surface area contributed by atoms with Gasteiger partial charge in [-0.1, -0.05) is 41.0 Å². The fourth-order valence-corrected chi connectivity index (χ4v) is 5.20. The number of carbonyl (C=O) groups is 1. The van der Waals surface area contributed by atoms with Gasteiger partial charge in [-0.2, -0.15) is 0 Å². The normalized spacial score (nSPS) is 11.3. The van der Waals surface area contributed by atoms with E-state index in [4.69, 9.17) is 27.9 Å². The average Bonchev–Trinajstić information content (AvgIpc) is 3.23. The van der Waals surface area contributed by atoms with E-state index in [-0.39, 0.29) is 38.2 Å². The van der Waals surface area contributed by atoms with Gasteiger partial charge in [0.25, 0.3) is 15.9 Å². The van der Waals surface area contributed by atoms with Crippen LogP contribution in [0, 0.1) is 0 Å². The molecule has 0 aliphatic heterocycles. The van der Waals surface area contributed by atoms with Crippen molar-refractivity contribution in [3.05, 3.63) is 51.0 Å². The predicted octanol–water partition coefficient (Wildman–Crippen LogP) is 4.02. The minimum absolute atomic E-state index is 0.0570. The van der Waals surface area contributed by atoms with E-state index in [1.54, 1.807) is 11.6 Å². The van der Waals surface area contributed by atoms with Gasteiger partial charge in [0, 0.05) is 11.6 Å². The zero-order valence-electron chi connectivity index (χ0n) is 14.6. The molecule has 2 aromatic heterocycles. The first-order valence-corrected chi connectivity index (χ1v) is 11.9. The zero-order valence-corrected chi connectivity index (χ0v) is 18.6. The third-order valence-electron chi connectivity index (χ3n) is 3.37. The van der Waals surface area contributed by atoms with Crippen LogP contribution in [0.4, 0.5) is 5.82 Å². The molecule has 0 aliphatic carbocycles. The minimum Gasteiger partial charge on any atom is -0.478 e. The molecule has 152 valence electrons. The molecule has 1 N–H and O–H groups in total. The highest BCUT2D eigenvalue weighted by atomic mass is 35.5. The summed E-state index contributed by atoms with van der Waals surface area (Å²) in [6.07, 6.45) is 2.89. The second kappa shape index (κ2) is 9.26. The number of Topliss-reactive ketones (excluding diaryl/α,β-unsaturated/α-hetero) is 1. The molecule has 0 radical (unpaired) electrons. The van der Waals surface area contributed by atoms with Crippen molar-refractivity contribution in [1.29, 1.82) is 0 Å². The lowest BCUT2D eigenvalue weighted by molar-refractivity contribution is 0.102. The Balaban J connectivity index is 1.78. The van der Waals surface area contributed by atoms with Gasteiger partial charge in [-0.15, -0.1) is 11.3 Å². The summed E-state index contributed by atoms with van der Waals surface area (Å²) in [5, 5.41) is 2.50. The fraction of sp³-hybridized carbons (Fsp3) is 0.125. The fourth-order valence-electron chi connectivity index (χ4n) is 2.07. The number of hydrogen-bond donors (Lipinski definition) is 1. The largest absolute Gasteiger partial charge is 0.478 e. The monoisotopic (exact) mass is 490 g/mol. The van der Waals surface area contributed by atoms with E-state index >= 15 is 0 Å². The van der Waals surface area contributed by atoms with Crippen molar-refractivity contribution in [2.45, 2.75) is 9.92 Å². The molecule has 0 spiro atoms.